The zero-order chi connectivity index (χ0) is 13.3. The molecule has 1 aliphatic rings. The predicted molar refractivity (Wildman–Crippen MR) is 71.0 cm³/mol. The third-order valence-corrected chi connectivity index (χ3v) is 4.67. The van der Waals surface area contributed by atoms with E-state index < -0.39 is 6.10 Å². The van der Waals surface area contributed by atoms with E-state index in [-0.39, 0.29) is 6.10 Å². The maximum absolute atomic E-state index is 9.70. The van der Waals surface area contributed by atoms with Crippen molar-refractivity contribution in [2.75, 3.05) is 19.7 Å². The minimum absolute atomic E-state index is 0.186. The van der Waals surface area contributed by atoms with Crippen LogP contribution in [0.2, 0.25) is 0 Å². The molecule has 102 valence electrons. The minimum atomic E-state index is -0.401. The van der Waals surface area contributed by atoms with E-state index in [1.54, 1.807) is 0 Å². The molecule has 1 rings (SSSR count). The second-order valence-corrected chi connectivity index (χ2v) is 6.69. The SMILES string of the molecule is CC(C)OCC(O)CNCC1C(C)(C)C1(C)C. The summed E-state index contributed by atoms with van der Waals surface area (Å²) in [5, 5.41) is 13.1. The van der Waals surface area contributed by atoms with Crippen LogP contribution in [0.3, 0.4) is 0 Å². The Balaban J connectivity index is 2.13. The number of aliphatic hydroxyl groups is 1. The van der Waals surface area contributed by atoms with Gasteiger partial charge in [0.25, 0.3) is 0 Å². The molecule has 0 radical (unpaired) electrons. The van der Waals surface area contributed by atoms with Crippen molar-refractivity contribution in [1.82, 2.24) is 5.32 Å². The Kier molecular flexibility index (Phi) is 4.61. The molecule has 0 bridgehead atoms. The molecule has 1 aliphatic carbocycles. The standard InChI is InChI=1S/C14H29NO2/c1-10(2)17-9-11(16)7-15-8-12-13(3,4)14(12,5)6/h10-12,15-16H,7-9H2,1-6H3. The van der Waals surface area contributed by atoms with Gasteiger partial charge < -0.3 is 15.2 Å². The zero-order valence-electron chi connectivity index (χ0n) is 12.2. The Morgan fingerprint density at radius 3 is 2.12 bits per heavy atom. The van der Waals surface area contributed by atoms with Crippen LogP contribution in [-0.2, 0) is 4.74 Å². The van der Waals surface area contributed by atoms with Crippen molar-refractivity contribution in [1.29, 1.82) is 0 Å². The number of rotatable bonds is 7. The van der Waals surface area contributed by atoms with E-state index in [1.807, 2.05) is 13.8 Å². The second kappa shape index (κ2) is 5.25. The monoisotopic (exact) mass is 243 g/mol. The molecule has 17 heavy (non-hydrogen) atoms. The summed E-state index contributed by atoms with van der Waals surface area (Å²) in [6.07, 6.45) is -0.215. The van der Waals surface area contributed by atoms with E-state index in [1.165, 1.54) is 0 Å². The average Bonchev–Trinajstić information content (AvgIpc) is 2.57. The van der Waals surface area contributed by atoms with Crippen molar-refractivity contribution >= 4 is 0 Å². The summed E-state index contributed by atoms with van der Waals surface area (Å²) >= 11 is 0. The van der Waals surface area contributed by atoms with E-state index in [4.69, 9.17) is 4.74 Å². The van der Waals surface area contributed by atoms with Crippen LogP contribution in [-0.4, -0.2) is 37.0 Å². The molecule has 2 N–H and O–H groups in total. The lowest BCUT2D eigenvalue weighted by molar-refractivity contribution is 0.00628. The largest absolute Gasteiger partial charge is 0.389 e. The Labute approximate surface area is 106 Å². The van der Waals surface area contributed by atoms with E-state index in [0.29, 0.717) is 29.9 Å². The van der Waals surface area contributed by atoms with E-state index in [2.05, 4.69) is 33.0 Å². The van der Waals surface area contributed by atoms with Crippen LogP contribution < -0.4 is 5.32 Å². The molecule has 3 heteroatoms. The van der Waals surface area contributed by atoms with Gasteiger partial charge in [-0.05, 0) is 37.1 Å². The summed E-state index contributed by atoms with van der Waals surface area (Å²) < 4.78 is 5.37. The van der Waals surface area contributed by atoms with Crippen LogP contribution in [0.5, 0.6) is 0 Å². The highest BCUT2D eigenvalue weighted by Crippen LogP contribution is 2.67. The van der Waals surface area contributed by atoms with E-state index in [9.17, 15) is 5.11 Å². The Morgan fingerprint density at radius 2 is 1.71 bits per heavy atom. The molecule has 0 aliphatic heterocycles. The molecule has 0 aromatic carbocycles. The van der Waals surface area contributed by atoms with E-state index >= 15 is 0 Å². The molecule has 0 heterocycles. The molecule has 0 amide bonds. The van der Waals surface area contributed by atoms with Crippen molar-refractivity contribution < 1.29 is 9.84 Å². The molecule has 3 nitrogen and oxygen atoms in total. The maximum atomic E-state index is 9.70. The van der Waals surface area contributed by atoms with Crippen molar-refractivity contribution in [3.05, 3.63) is 0 Å². The second-order valence-electron chi connectivity index (χ2n) is 6.69. The van der Waals surface area contributed by atoms with Crippen LogP contribution in [0.4, 0.5) is 0 Å². The number of hydrogen-bond donors (Lipinski definition) is 2. The van der Waals surface area contributed by atoms with Gasteiger partial charge in [-0.2, -0.15) is 0 Å². The predicted octanol–water partition coefficient (Wildman–Crippen LogP) is 2.04. The first-order valence-electron chi connectivity index (χ1n) is 6.70. The van der Waals surface area contributed by atoms with Gasteiger partial charge in [-0.1, -0.05) is 27.7 Å². The van der Waals surface area contributed by atoms with Crippen molar-refractivity contribution in [3.8, 4) is 0 Å². The lowest BCUT2D eigenvalue weighted by Crippen LogP contribution is -2.33. The van der Waals surface area contributed by atoms with Crippen LogP contribution >= 0.6 is 0 Å². The molecule has 0 saturated heterocycles. The van der Waals surface area contributed by atoms with Gasteiger partial charge in [0.15, 0.2) is 0 Å². The fourth-order valence-corrected chi connectivity index (χ4v) is 2.60. The number of hydrogen-bond acceptors (Lipinski definition) is 3. The molecule has 1 fully saturated rings. The highest BCUT2D eigenvalue weighted by molar-refractivity contribution is 5.12. The Bertz CT molecular complexity index is 235. The normalized spacial score (nSPS) is 24.0. The average molecular weight is 243 g/mol. The molecule has 0 spiro atoms. The molecule has 1 atom stereocenters. The molecular weight excluding hydrogens is 214 g/mol. The fraction of sp³-hybridized carbons (Fsp3) is 1.00. The molecular formula is C14H29NO2. The topological polar surface area (TPSA) is 41.5 Å². The smallest absolute Gasteiger partial charge is 0.0897 e. The van der Waals surface area contributed by atoms with Gasteiger partial charge in [0.1, 0.15) is 0 Å². The van der Waals surface area contributed by atoms with Gasteiger partial charge in [-0.25, -0.2) is 0 Å². The summed E-state index contributed by atoms with van der Waals surface area (Å²) in [6.45, 7) is 15.3. The Morgan fingerprint density at radius 1 is 1.18 bits per heavy atom. The number of ether oxygens (including phenoxy) is 1. The van der Waals surface area contributed by atoms with Gasteiger partial charge >= 0.3 is 0 Å². The van der Waals surface area contributed by atoms with Crippen LogP contribution in [0, 0.1) is 16.7 Å². The fourth-order valence-electron chi connectivity index (χ4n) is 2.60. The molecule has 1 saturated carbocycles. The summed E-state index contributed by atoms with van der Waals surface area (Å²) in [5.74, 6) is 0.702. The highest BCUT2D eigenvalue weighted by atomic mass is 16.5. The first-order valence-corrected chi connectivity index (χ1v) is 6.70. The summed E-state index contributed by atoms with van der Waals surface area (Å²) in [7, 11) is 0. The lowest BCUT2D eigenvalue weighted by Gasteiger charge is -2.14. The third-order valence-electron chi connectivity index (χ3n) is 4.67. The maximum Gasteiger partial charge on any atom is 0.0897 e. The van der Waals surface area contributed by atoms with Gasteiger partial charge in [-0.15, -0.1) is 0 Å². The third kappa shape index (κ3) is 3.43. The zero-order valence-corrected chi connectivity index (χ0v) is 12.2. The van der Waals surface area contributed by atoms with Crippen LogP contribution in [0.25, 0.3) is 0 Å². The molecule has 0 aromatic heterocycles. The van der Waals surface area contributed by atoms with Gasteiger partial charge in [-0.3, -0.25) is 0 Å². The van der Waals surface area contributed by atoms with Crippen LogP contribution in [0.15, 0.2) is 0 Å². The van der Waals surface area contributed by atoms with Crippen molar-refractivity contribution in [2.24, 2.45) is 16.7 Å². The lowest BCUT2D eigenvalue weighted by atomic mass is 10.0. The van der Waals surface area contributed by atoms with E-state index in [0.717, 1.165) is 6.54 Å². The Hall–Kier alpha value is -0.120. The highest BCUT2D eigenvalue weighted by Gasteiger charge is 2.63. The minimum Gasteiger partial charge on any atom is -0.389 e. The first-order chi connectivity index (χ1) is 7.69. The number of nitrogens with one attached hydrogen (secondary N) is 1. The van der Waals surface area contributed by atoms with Crippen LogP contribution in [0.1, 0.15) is 41.5 Å². The summed E-state index contributed by atoms with van der Waals surface area (Å²) in [6, 6.07) is 0. The van der Waals surface area contributed by atoms with Gasteiger partial charge in [0.05, 0.1) is 18.8 Å². The summed E-state index contributed by atoms with van der Waals surface area (Å²) in [4.78, 5) is 0. The molecule has 0 aromatic rings. The quantitative estimate of drug-likeness (QED) is 0.719. The summed E-state index contributed by atoms with van der Waals surface area (Å²) in [5.41, 5.74) is 0.832. The molecule has 1 unspecified atom stereocenters. The van der Waals surface area contributed by atoms with Gasteiger partial charge in [0, 0.05) is 6.54 Å². The number of aliphatic hydroxyl groups excluding tert-OH is 1. The van der Waals surface area contributed by atoms with Crippen molar-refractivity contribution in [2.45, 2.75) is 53.8 Å². The first kappa shape index (κ1) is 14.9. The van der Waals surface area contributed by atoms with Gasteiger partial charge in [0.2, 0.25) is 0 Å². The van der Waals surface area contributed by atoms with Crippen molar-refractivity contribution in [3.63, 3.8) is 0 Å².